The fourth-order valence-corrected chi connectivity index (χ4v) is 6.27. The van der Waals surface area contributed by atoms with Gasteiger partial charge in [0.05, 0.1) is 19.1 Å². The van der Waals surface area contributed by atoms with Gasteiger partial charge in [0, 0.05) is 28.2 Å². The standard InChI is InChI=1S/C28H37Cl2N3O5S/c1-5-24(28(35)31-20-10-7-6-8-11-20)32(17-21-22(29)12-9-13-23(21)30)27(34)18-33(39(4,36)37)25-16-19(2)14-15-26(25)38-3/h9,12-16,20,24H,5-8,10-11,17-18H2,1-4H3,(H,31,35)/t24-/m0/s1. The molecule has 0 spiro atoms. The van der Waals surface area contributed by atoms with E-state index in [0.29, 0.717) is 27.8 Å². The summed E-state index contributed by atoms with van der Waals surface area (Å²) in [6.45, 7) is 3.04. The van der Waals surface area contributed by atoms with E-state index in [2.05, 4.69) is 5.32 Å². The van der Waals surface area contributed by atoms with Crippen molar-refractivity contribution in [1.29, 1.82) is 0 Å². The van der Waals surface area contributed by atoms with Crippen molar-refractivity contribution >= 4 is 50.7 Å². The molecule has 2 amide bonds. The molecule has 39 heavy (non-hydrogen) atoms. The van der Waals surface area contributed by atoms with Crippen molar-refractivity contribution in [2.45, 2.75) is 71.0 Å². The van der Waals surface area contributed by atoms with Crippen molar-refractivity contribution in [2.75, 3.05) is 24.2 Å². The molecule has 0 bridgehead atoms. The Morgan fingerprint density at radius 3 is 2.31 bits per heavy atom. The number of anilines is 1. The highest BCUT2D eigenvalue weighted by atomic mass is 35.5. The maximum absolute atomic E-state index is 14.0. The maximum Gasteiger partial charge on any atom is 0.244 e. The van der Waals surface area contributed by atoms with Gasteiger partial charge in [0.15, 0.2) is 0 Å². The first-order valence-corrected chi connectivity index (χ1v) is 15.7. The number of hydrogen-bond acceptors (Lipinski definition) is 5. The Bertz CT molecular complexity index is 1260. The van der Waals surface area contributed by atoms with Gasteiger partial charge < -0.3 is 15.0 Å². The zero-order chi connectivity index (χ0) is 28.7. The van der Waals surface area contributed by atoms with Crippen molar-refractivity contribution in [3.8, 4) is 5.75 Å². The predicted molar refractivity (Wildman–Crippen MR) is 156 cm³/mol. The summed E-state index contributed by atoms with van der Waals surface area (Å²) in [5.74, 6) is -0.535. The first-order valence-electron chi connectivity index (χ1n) is 13.1. The summed E-state index contributed by atoms with van der Waals surface area (Å²) in [5.41, 5.74) is 1.52. The van der Waals surface area contributed by atoms with Crippen LogP contribution in [0.1, 0.15) is 56.6 Å². The average molecular weight is 599 g/mol. The summed E-state index contributed by atoms with van der Waals surface area (Å²) in [6, 6.07) is 9.31. The van der Waals surface area contributed by atoms with Crippen molar-refractivity contribution in [1.82, 2.24) is 10.2 Å². The molecule has 1 aliphatic rings. The summed E-state index contributed by atoms with van der Waals surface area (Å²) in [7, 11) is -2.47. The number of carbonyl (C=O) groups is 2. The first-order chi connectivity index (χ1) is 18.5. The average Bonchev–Trinajstić information content (AvgIpc) is 2.88. The van der Waals surface area contributed by atoms with Crippen molar-refractivity contribution in [3.05, 3.63) is 57.6 Å². The first kappa shape index (κ1) is 31.0. The molecule has 2 aromatic rings. The van der Waals surface area contributed by atoms with Crippen LogP contribution in [0.25, 0.3) is 0 Å². The third-order valence-electron chi connectivity index (χ3n) is 7.01. The molecule has 3 rings (SSSR count). The summed E-state index contributed by atoms with van der Waals surface area (Å²) in [4.78, 5) is 28.9. The van der Waals surface area contributed by atoms with Crippen molar-refractivity contribution < 1.29 is 22.7 Å². The molecule has 1 saturated carbocycles. The van der Waals surface area contributed by atoms with Gasteiger partial charge in [-0.1, -0.05) is 61.5 Å². The Labute approximate surface area is 241 Å². The minimum atomic E-state index is -3.91. The molecule has 1 atom stereocenters. The van der Waals surface area contributed by atoms with Gasteiger partial charge in [-0.3, -0.25) is 13.9 Å². The van der Waals surface area contributed by atoms with Crippen LogP contribution in [0.15, 0.2) is 36.4 Å². The van der Waals surface area contributed by atoms with Crippen LogP contribution in [0.4, 0.5) is 5.69 Å². The molecule has 0 unspecified atom stereocenters. The van der Waals surface area contributed by atoms with Crippen LogP contribution in [0.2, 0.25) is 10.0 Å². The highest BCUT2D eigenvalue weighted by Crippen LogP contribution is 2.32. The number of ether oxygens (including phenoxy) is 1. The van der Waals surface area contributed by atoms with Crippen molar-refractivity contribution in [3.63, 3.8) is 0 Å². The molecule has 2 aromatic carbocycles. The zero-order valence-electron chi connectivity index (χ0n) is 22.9. The highest BCUT2D eigenvalue weighted by molar-refractivity contribution is 7.92. The van der Waals surface area contributed by atoms with Gasteiger partial charge in [-0.05, 0) is 56.0 Å². The second kappa shape index (κ2) is 13.7. The van der Waals surface area contributed by atoms with Crippen LogP contribution >= 0.6 is 23.2 Å². The molecule has 1 fully saturated rings. The molecule has 0 aliphatic heterocycles. The highest BCUT2D eigenvalue weighted by Gasteiger charge is 2.34. The van der Waals surface area contributed by atoms with E-state index in [4.69, 9.17) is 27.9 Å². The lowest BCUT2D eigenvalue weighted by Gasteiger charge is -2.34. The van der Waals surface area contributed by atoms with Crippen LogP contribution < -0.4 is 14.4 Å². The predicted octanol–water partition coefficient (Wildman–Crippen LogP) is 5.33. The maximum atomic E-state index is 14.0. The normalized spacial score (nSPS) is 14.9. The van der Waals surface area contributed by atoms with Gasteiger partial charge >= 0.3 is 0 Å². The number of carbonyl (C=O) groups excluding carboxylic acids is 2. The third kappa shape index (κ3) is 8.02. The smallest absolute Gasteiger partial charge is 0.244 e. The van der Waals surface area contributed by atoms with Gasteiger partial charge in [0.1, 0.15) is 18.3 Å². The lowest BCUT2D eigenvalue weighted by molar-refractivity contribution is -0.140. The number of benzene rings is 2. The molecule has 0 saturated heterocycles. The number of halogens is 2. The molecule has 214 valence electrons. The van der Waals surface area contributed by atoms with E-state index >= 15 is 0 Å². The minimum absolute atomic E-state index is 0.0465. The van der Waals surface area contributed by atoms with Gasteiger partial charge in [-0.2, -0.15) is 0 Å². The zero-order valence-corrected chi connectivity index (χ0v) is 25.2. The van der Waals surface area contributed by atoms with Gasteiger partial charge in [0.25, 0.3) is 0 Å². The Kier molecular flexibility index (Phi) is 10.9. The quantitative estimate of drug-likeness (QED) is 0.377. The Hall–Kier alpha value is -2.49. The number of aryl methyl sites for hydroxylation is 1. The minimum Gasteiger partial charge on any atom is -0.495 e. The van der Waals surface area contributed by atoms with Gasteiger partial charge in [-0.25, -0.2) is 8.42 Å². The van der Waals surface area contributed by atoms with Gasteiger partial charge in [-0.15, -0.1) is 0 Å². The Balaban J connectivity index is 2.01. The molecular weight excluding hydrogens is 561 g/mol. The van der Waals surface area contributed by atoms with Crippen LogP contribution in [0.5, 0.6) is 5.75 Å². The summed E-state index contributed by atoms with van der Waals surface area (Å²) >= 11 is 12.9. The number of methoxy groups -OCH3 is 1. The molecule has 1 aliphatic carbocycles. The molecule has 0 aromatic heterocycles. The van der Waals surface area contributed by atoms with E-state index in [1.807, 2.05) is 13.8 Å². The van der Waals surface area contributed by atoms with Crippen LogP contribution in [-0.2, 0) is 26.2 Å². The molecular formula is C28H37Cl2N3O5S. The summed E-state index contributed by atoms with van der Waals surface area (Å²) in [6.07, 6.45) is 6.36. The van der Waals surface area contributed by atoms with E-state index < -0.39 is 28.5 Å². The van der Waals surface area contributed by atoms with E-state index in [1.54, 1.807) is 36.4 Å². The lowest BCUT2D eigenvalue weighted by Crippen LogP contribution is -2.54. The van der Waals surface area contributed by atoms with E-state index in [1.165, 1.54) is 12.0 Å². The number of nitrogens with one attached hydrogen (secondary N) is 1. The Morgan fingerprint density at radius 1 is 1.10 bits per heavy atom. The SMILES string of the molecule is CC[C@@H](C(=O)NC1CCCCC1)N(Cc1c(Cl)cccc1Cl)C(=O)CN(c1cc(C)ccc1OC)S(C)(=O)=O. The number of rotatable bonds is 11. The second-order valence-electron chi connectivity index (χ2n) is 9.93. The summed E-state index contributed by atoms with van der Waals surface area (Å²) < 4.78 is 32.3. The monoisotopic (exact) mass is 597 g/mol. The second-order valence-corrected chi connectivity index (χ2v) is 12.7. The van der Waals surface area contributed by atoms with E-state index in [0.717, 1.165) is 48.2 Å². The molecule has 11 heteroatoms. The topological polar surface area (TPSA) is 96.0 Å². The van der Waals surface area contributed by atoms with E-state index in [9.17, 15) is 18.0 Å². The summed E-state index contributed by atoms with van der Waals surface area (Å²) in [5, 5.41) is 3.81. The van der Waals surface area contributed by atoms with Crippen LogP contribution in [-0.4, -0.2) is 57.1 Å². The van der Waals surface area contributed by atoms with Gasteiger partial charge in [0.2, 0.25) is 21.8 Å². The molecule has 0 radical (unpaired) electrons. The van der Waals surface area contributed by atoms with E-state index in [-0.39, 0.29) is 24.2 Å². The molecule has 0 heterocycles. The largest absolute Gasteiger partial charge is 0.495 e. The third-order valence-corrected chi connectivity index (χ3v) is 8.84. The fourth-order valence-electron chi connectivity index (χ4n) is 4.91. The lowest BCUT2D eigenvalue weighted by atomic mass is 9.95. The fraction of sp³-hybridized carbons (Fsp3) is 0.500. The van der Waals surface area contributed by atoms with Crippen LogP contribution in [0.3, 0.4) is 0 Å². The van der Waals surface area contributed by atoms with Crippen molar-refractivity contribution in [2.24, 2.45) is 0 Å². The number of nitrogens with zero attached hydrogens (tertiary/aromatic N) is 2. The molecule has 8 nitrogen and oxygen atoms in total. The van der Waals surface area contributed by atoms with Crippen LogP contribution in [0, 0.1) is 6.92 Å². The number of sulfonamides is 1. The molecule has 1 N–H and O–H groups in total. The number of amides is 2. The Morgan fingerprint density at radius 2 is 1.74 bits per heavy atom. The number of hydrogen-bond donors (Lipinski definition) is 1.